The van der Waals surface area contributed by atoms with Crippen molar-refractivity contribution in [2.24, 2.45) is 0 Å². The molecule has 0 aliphatic carbocycles. The van der Waals surface area contributed by atoms with Crippen molar-refractivity contribution < 1.29 is 117 Å². The van der Waals surface area contributed by atoms with Crippen LogP contribution in [0.4, 0.5) is 0 Å². The molecule has 95 heavy (non-hydrogen) atoms. The summed E-state index contributed by atoms with van der Waals surface area (Å²) in [7, 11) is 0. The van der Waals surface area contributed by atoms with E-state index in [0.717, 1.165) is 57.8 Å². The summed E-state index contributed by atoms with van der Waals surface area (Å²) < 4.78 is 24.0. The maximum absolute atomic E-state index is 12.6. The number of carbonyl (C=O) groups is 14. The van der Waals surface area contributed by atoms with E-state index >= 15 is 0 Å². The second-order valence-corrected chi connectivity index (χ2v) is 23.3. The lowest BCUT2D eigenvalue weighted by molar-refractivity contribution is -0.144. The SMILES string of the molecule is CC(=O)[C@@H](NC(=O)[C@H](CCCCNC(=O)CC[C@H](NC(=O)CC[C@H](NC(=O)COCCOCCNC(=O)COCCOCCNC(=O)CC[C@H](NC(=O)CC[C@H](NC(=O)CCCCCCCCCCCCCCCCC(=O)O)C(=O)O)C(=O)O)C(=O)O)C(=O)O)NI)[C@@H](C)O. The van der Waals surface area contributed by atoms with Crippen LogP contribution in [-0.4, -0.2) is 228 Å². The molecule has 8 amide bonds. The number of unbranched alkanes of at least 4 members (excludes halogenated alkanes) is 14. The van der Waals surface area contributed by atoms with Gasteiger partial charge in [-0.05, 0) is 71.6 Å². The van der Waals surface area contributed by atoms with Crippen molar-refractivity contribution >= 4 is 106 Å². The van der Waals surface area contributed by atoms with Gasteiger partial charge in [-0.2, -0.15) is 0 Å². The Morgan fingerprint density at radius 1 is 0.347 bits per heavy atom. The highest BCUT2D eigenvalue weighted by atomic mass is 127. The molecule has 0 aliphatic rings. The molecule has 0 unspecified atom stereocenters. The first-order chi connectivity index (χ1) is 45.3. The largest absolute Gasteiger partial charge is 0.481 e. The first-order valence-corrected chi connectivity index (χ1v) is 33.6. The van der Waals surface area contributed by atoms with E-state index in [9.17, 15) is 92.7 Å². The number of rotatable bonds is 63. The van der Waals surface area contributed by atoms with Crippen LogP contribution in [0.2, 0.25) is 0 Å². The number of carboxylic acids is 5. The monoisotopic (exact) mass is 1470 g/mol. The molecule has 34 heteroatoms. The Bertz CT molecular complexity index is 2340. The van der Waals surface area contributed by atoms with Gasteiger partial charge in [-0.3, -0.25) is 47.9 Å². The molecule has 0 saturated carbocycles. The van der Waals surface area contributed by atoms with Crippen molar-refractivity contribution in [1.29, 1.82) is 0 Å². The summed E-state index contributed by atoms with van der Waals surface area (Å²) in [5.74, 6) is -11.6. The summed E-state index contributed by atoms with van der Waals surface area (Å²) in [6, 6.07) is -7.52. The molecular weight excluding hydrogens is 1370 g/mol. The van der Waals surface area contributed by atoms with Crippen molar-refractivity contribution in [3.63, 3.8) is 0 Å². The molecule has 0 rings (SSSR count). The molecule has 544 valence electrons. The third-order valence-corrected chi connectivity index (χ3v) is 15.2. The van der Waals surface area contributed by atoms with E-state index < -0.39 is 145 Å². The van der Waals surface area contributed by atoms with Crippen molar-refractivity contribution in [1.82, 2.24) is 46.1 Å². The lowest BCUT2D eigenvalue weighted by Gasteiger charge is -2.22. The second-order valence-electron chi connectivity index (χ2n) is 22.7. The van der Waals surface area contributed by atoms with Gasteiger partial charge in [0.05, 0.1) is 51.8 Å². The Hall–Kier alpha value is -6.73. The molecule has 0 fully saturated rings. The van der Waals surface area contributed by atoms with Crippen LogP contribution in [0.25, 0.3) is 0 Å². The molecule has 0 radical (unpaired) electrons. The van der Waals surface area contributed by atoms with E-state index in [0.29, 0.717) is 25.7 Å². The number of amides is 8. The molecule has 0 aliphatic heterocycles. The third kappa shape index (κ3) is 50.3. The van der Waals surface area contributed by atoms with E-state index in [1.54, 1.807) is 22.9 Å². The summed E-state index contributed by atoms with van der Waals surface area (Å²) in [4.78, 5) is 169. The third-order valence-electron chi connectivity index (χ3n) is 14.5. The van der Waals surface area contributed by atoms with Gasteiger partial charge in [-0.1, -0.05) is 77.0 Å². The normalized spacial score (nSPS) is 13.3. The van der Waals surface area contributed by atoms with Crippen molar-refractivity contribution in [2.45, 2.75) is 230 Å². The van der Waals surface area contributed by atoms with Crippen molar-refractivity contribution in [2.75, 3.05) is 72.5 Å². The quantitative estimate of drug-likeness (QED) is 0.0230. The number of Topliss-reactive ketones (excluding diaryl/α,β-unsaturated/α-hetero) is 1. The van der Waals surface area contributed by atoms with Gasteiger partial charge in [0, 0.05) is 81.0 Å². The Morgan fingerprint density at radius 2 is 0.684 bits per heavy atom. The summed E-state index contributed by atoms with van der Waals surface area (Å²) in [6.07, 6.45) is 12.2. The lowest BCUT2D eigenvalue weighted by Crippen LogP contribution is -2.52. The van der Waals surface area contributed by atoms with Gasteiger partial charge < -0.3 is 92.1 Å². The van der Waals surface area contributed by atoms with Crippen molar-refractivity contribution in [3.8, 4) is 0 Å². The number of hydrogen-bond acceptors (Lipinski definition) is 20. The number of ketones is 1. The fourth-order valence-electron chi connectivity index (χ4n) is 9.12. The van der Waals surface area contributed by atoms with Gasteiger partial charge in [0.25, 0.3) is 0 Å². The van der Waals surface area contributed by atoms with E-state index in [2.05, 4.69) is 46.1 Å². The van der Waals surface area contributed by atoms with E-state index in [-0.39, 0.29) is 117 Å². The second kappa shape index (κ2) is 56.4. The maximum atomic E-state index is 12.6. The van der Waals surface area contributed by atoms with E-state index in [4.69, 9.17) is 24.1 Å². The minimum absolute atomic E-state index is 0.000147. The first-order valence-electron chi connectivity index (χ1n) is 32.5. The number of aliphatic hydroxyl groups excluding tert-OH is 1. The molecule has 7 atom stereocenters. The fourth-order valence-corrected chi connectivity index (χ4v) is 9.72. The predicted octanol–water partition coefficient (Wildman–Crippen LogP) is 1.06. The zero-order valence-corrected chi connectivity index (χ0v) is 57.0. The highest BCUT2D eigenvalue weighted by Gasteiger charge is 2.28. The summed E-state index contributed by atoms with van der Waals surface area (Å²) in [6.45, 7) is 2.26. The number of carboxylic acid groups (broad SMARTS) is 5. The van der Waals surface area contributed by atoms with Gasteiger partial charge in [0.1, 0.15) is 43.4 Å². The minimum Gasteiger partial charge on any atom is -0.481 e. The van der Waals surface area contributed by atoms with E-state index in [1.165, 1.54) is 39.5 Å². The fraction of sp³-hybridized carbons (Fsp3) is 0.770. The highest BCUT2D eigenvalue weighted by molar-refractivity contribution is 14.1. The smallest absolute Gasteiger partial charge is 0.326 e. The van der Waals surface area contributed by atoms with Crippen LogP contribution >= 0.6 is 22.9 Å². The summed E-state index contributed by atoms with van der Waals surface area (Å²) in [5.41, 5.74) is 0. The molecule has 0 aromatic rings. The Labute approximate surface area is 568 Å². The average molecular weight is 1470 g/mol. The molecule has 0 aromatic carbocycles. The van der Waals surface area contributed by atoms with Gasteiger partial charge in [-0.25, -0.2) is 22.7 Å². The molecule has 0 aromatic heterocycles. The highest BCUT2D eigenvalue weighted by Crippen LogP contribution is 2.15. The maximum Gasteiger partial charge on any atom is 0.326 e. The van der Waals surface area contributed by atoms with Crippen LogP contribution in [0.15, 0.2) is 0 Å². The van der Waals surface area contributed by atoms with Crippen LogP contribution in [-0.2, 0) is 86.1 Å². The standard InChI is InChI=1S/C61H104IN9O24/c1-41(72)56(42(2)73)70-57(83)43(71-62)19-17-18-30-63-48(74)26-22-44(58(84)85)67-52(78)29-25-47(61(90)91)69-54(80)40-95-38-36-93-34-32-65-53(79)39-94-37-35-92-33-31-64-49(75)27-23-45(59(86)87)68-51(77)28-24-46(60(88)89)66-50(76)20-15-13-11-9-7-5-3-4-6-8-10-12-14-16-21-55(81)82/h41,43-47,56,71-72H,3-40H2,1-2H3,(H,63,74)(H,64,75)(H,65,79)(H,66,76)(H,67,78)(H,68,77)(H,69,80)(H,70,83)(H,81,82)(H,84,85)(H,86,87)(H,88,89)(H,90,91)/t41-,43+,44+,45+,46+,47+,56+/m1/s1. The number of ether oxygens (including phenoxy) is 4. The van der Waals surface area contributed by atoms with E-state index in [1.807, 2.05) is 0 Å². The Balaban J connectivity index is 4.18. The predicted molar refractivity (Wildman–Crippen MR) is 348 cm³/mol. The number of aliphatic carboxylic acids is 5. The van der Waals surface area contributed by atoms with Crippen LogP contribution in [0.3, 0.4) is 0 Å². The Morgan fingerprint density at radius 3 is 1.06 bits per heavy atom. The molecule has 15 N–H and O–H groups in total. The van der Waals surface area contributed by atoms with Gasteiger partial charge >= 0.3 is 29.8 Å². The van der Waals surface area contributed by atoms with Gasteiger partial charge in [-0.15, -0.1) is 0 Å². The topological polar surface area (TPSA) is 506 Å². The number of halogens is 1. The molecule has 0 spiro atoms. The summed E-state index contributed by atoms with van der Waals surface area (Å²) >= 11 is 1.80. The molecular formula is C61H104IN9O24. The minimum atomic E-state index is -1.53. The average Bonchev–Trinajstić information content (AvgIpc) is 1.31. The zero-order chi connectivity index (χ0) is 71.2. The molecule has 0 heterocycles. The number of hydrogen-bond donors (Lipinski definition) is 15. The number of aliphatic hydroxyl groups is 1. The molecule has 33 nitrogen and oxygen atoms in total. The van der Waals surface area contributed by atoms with Gasteiger partial charge in [0.15, 0.2) is 5.78 Å². The number of nitrogens with one attached hydrogen (secondary N) is 9. The zero-order valence-electron chi connectivity index (χ0n) is 54.8. The molecule has 0 bridgehead atoms. The van der Waals surface area contributed by atoms with Crippen LogP contribution in [0.1, 0.15) is 187 Å². The lowest BCUT2D eigenvalue weighted by atomic mass is 10.0. The Kier molecular flexibility index (Phi) is 52.4. The molecule has 0 saturated heterocycles. The van der Waals surface area contributed by atoms with Crippen LogP contribution in [0, 0.1) is 0 Å². The van der Waals surface area contributed by atoms with Gasteiger partial charge in [0.2, 0.25) is 47.3 Å². The summed E-state index contributed by atoms with van der Waals surface area (Å²) in [5, 5.41) is 76.3. The number of carbonyl (C=O) groups excluding carboxylic acids is 9. The first kappa shape index (κ1) is 88.3. The van der Waals surface area contributed by atoms with Crippen molar-refractivity contribution in [3.05, 3.63) is 0 Å². The van der Waals surface area contributed by atoms with Crippen LogP contribution < -0.4 is 46.1 Å². The van der Waals surface area contributed by atoms with Crippen LogP contribution in [0.5, 0.6) is 0 Å².